The number of carboxylic acid groups (broad SMARTS) is 1. The zero-order valence-electron chi connectivity index (χ0n) is 37.9. The van der Waals surface area contributed by atoms with Crippen molar-refractivity contribution in [1.82, 2.24) is 5.32 Å². The first-order valence-corrected chi connectivity index (χ1v) is 22.5. The summed E-state index contributed by atoms with van der Waals surface area (Å²) < 4.78 is 65.4. The van der Waals surface area contributed by atoms with E-state index in [2.05, 4.69) is 17.2 Å². The van der Waals surface area contributed by atoms with Crippen molar-refractivity contribution >= 4 is 23.5 Å². The second kappa shape index (κ2) is 39.1. The Labute approximate surface area is 383 Å². The number of ether oxygens (including phenoxy) is 12. The van der Waals surface area contributed by atoms with Crippen LogP contribution in [0.3, 0.4) is 0 Å². The minimum absolute atomic E-state index is 0.0105. The van der Waals surface area contributed by atoms with Crippen LogP contribution < -0.4 is 10.2 Å². The molecule has 2 N–H and O–H groups in total. The van der Waals surface area contributed by atoms with Crippen LogP contribution in [-0.4, -0.2) is 188 Å². The average Bonchev–Trinajstić information content (AvgIpc) is 3.30. The van der Waals surface area contributed by atoms with Gasteiger partial charge in [0.25, 0.3) is 0 Å². The van der Waals surface area contributed by atoms with E-state index in [-0.39, 0.29) is 37.7 Å². The van der Waals surface area contributed by atoms with E-state index in [1.807, 2.05) is 48.5 Å². The fraction of sp³-hybridized carbons (Fsp3) is 0.638. The number of hydrogen-bond acceptors (Lipinski definition) is 15. The van der Waals surface area contributed by atoms with Crippen molar-refractivity contribution in [3.8, 4) is 11.8 Å². The Morgan fingerprint density at radius 1 is 0.462 bits per heavy atom. The molecule has 0 unspecified atom stereocenters. The molecule has 0 aromatic heterocycles. The van der Waals surface area contributed by atoms with Gasteiger partial charge in [0.05, 0.1) is 177 Å². The highest BCUT2D eigenvalue weighted by atomic mass is 16.6. The normalized spacial score (nSPS) is 11.9. The predicted molar refractivity (Wildman–Crippen MR) is 239 cm³/mol. The molecular formula is C47H70N2O16. The number of carbonyl (C=O) groups excluding carboxylic acids is 2. The number of benzene rings is 2. The van der Waals surface area contributed by atoms with E-state index in [9.17, 15) is 14.4 Å². The molecule has 18 heteroatoms. The number of carboxylic acids is 1. The molecule has 0 aliphatic carbocycles. The molecule has 1 heterocycles. The molecule has 65 heavy (non-hydrogen) atoms. The van der Waals surface area contributed by atoms with Gasteiger partial charge in [-0.15, -0.1) is 0 Å². The van der Waals surface area contributed by atoms with Crippen LogP contribution >= 0.6 is 0 Å². The Bertz CT molecular complexity index is 1610. The highest BCUT2D eigenvalue weighted by molar-refractivity contribution is 5.95. The Morgan fingerprint density at radius 3 is 1.28 bits per heavy atom. The number of aliphatic carboxylic acids is 1. The predicted octanol–water partition coefficient (Wildman–Crippen LogP) is 2.89. The molecule has 364 valence electrons. The van der Waals surface area contributed by atoms with Gasteiger partial charge in [0, 0.05) is 30.5 Å². The van der Waals surface area contributed by atoms with Crippen LogP contribution in [0, 0.1) is 11.8 Å². The first kappa shape index (κ1) is 55.3. The maximum absolute atomic E-state index is 13.3. The minimum atomic E-state index is -0.881. The standard InChI is InChI=1S/C47H70N2O16/c50-45(10-5-11-46(51)49-40-43-8-2-1-6-41(43)12-13-42-7-3-4-9-44(42)49)48-15-17-55-19-21-57-23-25-59-27-29-61-31-33-63-35-37-65-39-38-64-36-34-62-32-30-60-28-26-58-24-22-56-20-18-54-16-14-47(52)53/h1-4,6-9H,5,10-11,14-40H2,(H,48,50)(H,52,53). The number of hydrogen-bond donors (Lipinski definition) is 2. The molecule has 1 aliphatic rings. The number of rotatable bonds is 43. The lowest BCUT2D eigenvalue weighted by Crippen LogP contribution is -2.32. The SMILES string of the molecule is O=C(O)CCOCCOCCOCCOCCOCCOCCOCCOCCOCCOCCOCCOCCNC(=O)CCCC(=O)N1Cc2ccccc2C#Cc2ccccc21. The van der Waals surface area contributed by atoms with Crippen LogP contribution in [0.25, 0.3) is 0 Å². The summed E-state index contributed by atoms with van der Waals surface area (Å²) in [4.78, 5) is 37.8. The summed E-state index contributed by atoms with van der Waals surface area (Å²) in [5.74, 6) is 5.40. The van der Waals surface area contributed by atoms with E-state index >= 15 is 0 Å². The summed E-state index contributed by atoms with van der Waals surface area (Å²) >= 11 is 0. The van der Waals surface area contributed by atoms with Gasteiger partial charge in [-0.25, -0.2) is 0 Å². The van der Waals surface area contributed by atoms with Gasteiger partial charge in [-0.3, -0.25) is 14.4 Å². The topological polar surface area (TPSA) is 197 Å². The van der Waals surface area contributed by atoms with Crippen molar-refractivity contribution in [3.05, 3.63) is 65.2 Å². The molecule has 3 rings (SSSR count). The van der Waals surface area contributed by atoms with Gasteiger partial charge in [-0.2, -0.15) is 0 Å². The molecule has 0 bridgehead atoms. The quantitative estimate of drug-likeness (QED) is 0.0727. The first-order chi connectivity index (χ1) is 32.0. The molecule has 1 aliphatic heterocycles. The number of carbonyl (C=O) groups is 3. The van der Waals surface area contributed by atoms with Crippen molar-refractivity contribution in [2.75, 3.05) is 170 Å². The Balaban J connectivity index is 0.960. The van der Waals surface area contributed by atoms with E-state index in [1.165, 1.54) is 0 Å². The summed E-state index contributed by atoms with van der Waals surface area (Å²) in [5.41, 5.74) is 3.51. The molecule has 2 aromatic rings. The second-order valence-corrected chi connectivity index (χ2v) is 14.1. The highest BCUT2D eigenvalue weighted by Crippen LogP contribution is 2.26. The van der Waals surface area contributed by atoms with Crippen molar-refractivity contribution < 1.29 is 76.3 Å². The first-order valence-electron chi connectivity index (χ1n) is 22.5. The number of amides is 2. The lowest BCUT2D eigenvalue weighted by atomic mass is 10.0. The molecule has 2 amide bonds. The van der Waals surface area contributed by atoms with Gasteiger partial charge >= 0.3 is 5.97 Å². The monoisotopic (exact) mass is 918 g/mol. The Hall–Kier alpha value is -4.07. The van der Waals surface area contributed by atoms with Crippen LogP contribution in [0.15, 0.2) is 48.5 Å². The van der Waals surface area contributed by atoms with Gasteiger partial charge < -0.3 is 72.2 Å². The molecule has 0 fully saturated rings. The van der Waals surface area contributed by atoms with Gasteiger partial charge in [-0.05, 0) is 30.2 Å². The van der Waals surface area contributed by atoms with Crippen LogP contribution in [0.1, 0.15) is 42.4 Å². The van der Waals surface area contributed by atoms with E-state index < -0.39 is 5.97 Å². The third kappa shape index (κ3) is 29.2. The number of nitrogens with zero attached hydrogens (tertiary/aromatic N) is 1. The Kier molecular flexibility index (Phi) is 33.3. The molecule has 0 spiro atoms. The lowest BCUT2D eigenvalue weighted by Gasteiger charge is -2.26. The van der Waals surface area contributed by atoms with Gasteiger partial charge in [-0.1, -0.05) is 42.2 Å². The summed E-state index contributed by atoms with van der Waals surface area (Å²) in [6.07, 6.45) is 0.943. The lowest BCUT2D eigenvalue weighted by molar-refractivity contribution is -0.138. The van der Waals surface area contributed by atoms with E-state index in [0.29, 0.717) is 171 Å². The number of anilines is 1. The van der Waals surface area contributed by atoms with Gasteiger partial charge in [0.2, 0.25) is 11.8 Å². The third-order valence-electron chi connectivity index (χ3n) is 9.09. The number of fused-ring (bicyclic) bond motifs is 2. The third-order valence-corrected chi connectivity index (χ3v) is 9.09. The van der Waals surface area contributed by atoms with Crippen LogP contribution in [0.5, 0.6) is 0 Å². The number of para-hydroxylation sites is 1. The summed E-state index contributed by atoms with van der Waals surface area (Å²) in [5, 5.41) is 11.4. The minimum Gasteiger partial charge on any atom is -0.481 e. The molecular weight excluding hydrogens is 849 g/mol. The van der Waals surface area contributed by atoms with Crippen LogP contribution in [0.2, 0.25) is 0 Å². The average molecular weight is 919 g/mol. The molecule has 18 nitrogen and oxygen atoms in total. The summed E-state index contributed by atoms with van der Waals surface area (Å²) in [7, 11) is 0. The van der Waals surface area contributed by atoms with Gasteiger partial charge in [0.1, 0.15) is 0 Å². The van der Waals surface area contributed by atoms with Crippen LogP contribution in [-0.2, 0) is 77.8 Å². The molecule has 2 aromatic carbocycles. The fourth-order valence-electron chi connectivity index (χ4n) is 5.77. The maximum atomic E-state index is 13.3. The van der Waals surface area contributed by atoms with Crippen LogP contribution in [0.4, 0.5) is 5.69 Å². The fourth-order valence-corrected chi connectivity index (χ4v) is 5.77. The highest BCUT2D eigenvalue weighted by Gasteiger charge is 2.21. The smallest absolute Gasteiger partial charge is 0.305 e. The Morgan fingerprint density at radius 2 is 0.831 bits per heavy atom. The molecule has 0 saturated carbocycles. The summed E-state index contributed by atoms with van der Waals surface area (Å²) in [6, 6.07) is 15.5. The zero-order valence-corrected chi connectivity index (χ0v) is 37.9. The maximum Gasteiger partial charge on any atom is 0.305 e. The van der Waals surface area contributed by atoms with E-state index in [4.69, 9.17) is 61.9 Å². The number of nitrogens with one attached hydrogen (secondary N) is 1. The van der Waals surface area contributed by atoms with Crippen molar-refractivity contribution in [2.45, 2.75) is 32.2 Å². The van der Waals surface area contributed by atoms with Gasteiger partial charge in [0.15, 0.2) is 0 Å². The molecule has 0 radical (unpaired) electrons. The summed E-state index contributed by atoms with van der Waals surface area (Å²) in [6.45, 7) is 11.3. The van der Waals surface area contributed by atoms with E-state index in [0.717, 1.165) is 22.4 Å². The van der Waals surface area contributed by atoms with Crippen molar-refractivity contribution in [3.63, 3.8) is 0 Å². The second-order valence-electron chi connectivity index (χ2n) is 14.1. The molecule has 0 saturated heterocycles. The molecule has 0 atom stereocenters. The van der Waals surface area contributed by atoms with Crippen molar-refractivity contribution in [1.29, 1.82) is 0 Å². The zero-order chi connectivity index (χ0) is 46.1. The van der Waals surface area contributed by atoms with E-state index in [1.54, 1.807) is 4.90 Å². The largest absolute Gasteiger partial charge is 0.481 e. The van der Waals surface area contributed by atoms with Crippen molar-refractivity contribution in [2.24, 2.45) is 0 Å².